The molecule has 11 heteroatoms. The number of rotatable bonds is 10. The average molecular weight is 497 g/mol. The summed E-state index contributed by atoms with van der Waals surface area (Å²) in [6, 6.07) is 9.22. The van der Waals surface area contributed by atoms with E-state index in [1.807, 2.05) is 0 Å². The third-order valence-electron chi connectivity index (χ3n) is 5.03. The van der Waals surface area contributed by atoms with Crippen LogP contribution in [0, 0.1) is 11.6 Å². The van der Waals surface area contributed by atoms with Crippen LogP contribution in [0.3, 0.4) is 0 Å². The van der Waals surface area contributed by atoms with Gasteiger partial charge in [-0.2, -0.15) is 12.7 Å². The first-order valence-corrected chi connectivity index (χ1v) is 12.0. The molecule has 0 saturated heterocycles. The van der Waals surface area contributed by atoms with Crippen LogP contribution in [0.5, 0.6) is 0 Å². The highest BCUT2D eigenvalue weighted by atomic mass is 32.2. The Morgan fingerprint density at radius 3 is 2.09 bits per heavy atom. The molecule has 0 bridgehead atoms. The zero-order valence-corrected chi connectivity index (χ0v) is 20.6. The fraction of sp³-hybridized carbons (Fsp3) is 0.391. The number of hydrogen-bond acceptors (Lipinski definition) is 4. The summed E-state index contributed by atoms with van der Waals surface area (Å²) >= 11 is 0. The van der Waals surface area contributed by atoms with E-state index in [2.05, 4.69) is 5.32 Å². The number of anilines is 1. The average Bonchev–Trinajstić information content (AvgIpc) is 2.76. The van der Waals surface area contributed by atoms with Crippen molar-refractivity contribution in [3.05, 3.63) is 65.7 Å². The molecule has 0 saturated carbocycles. The van der Waals surface area contributed by atoms with Gasteiger partial charge in [-0.05, 0) is 51.1 Å². The van der Waals surface area contributed by atoms with Gasteiger partial charge in [0.05, 0.1) is 5.69 Å². The molecule has 0 heterocycles. The lowest BCUT2D eigenvalue weighted by Crippen LogP contribution is -2.53. The van der Waals surface area contributed by atoms with E-state index in [9.17, 15) is 26.8 Å². The molecule has 34 heavy (non-hydrogen) atoms. The van der Waals surface area contributed by atoms with Crippen LogP contribution in [0.4, 0.5) is 14.5 Å². The molecule has 0 aliphatic heterocycles. The maximum atomic E-state index is 14.4. The minimum Gasteiger partial charge on any atom is -0.352 e. The highest BCUT2D eigenvalue weighted by Crippen LogP contribution is 2.21. The third kappa shape index (κ3) is 6.73. The number of carbonyl (C=O) groups excluding carboxylic acids is 2. The van der Waals surface area contributed by atoms with E-state index in [1.54, 1.807) is 19.9 Å². The Kier molecular flexibility index (Phi) is 9.11. The largest absolute Gasteiger partial charge is 0.352 e. The minimum atomic E-state index is -4.16. The van der Waals surface area contributed by atoms with Gasteiger partial charge in [0, 0.05) is 32.2 Å². The van der Waals surface area contributed by atoms with Crippen molar-refractivity contribution in [3.63, 3.8) is 0 Å². The molecule has 2 aromatic rings. The van der Waals surface area contributed by atoms with Crippen molar-refractivity contribution in [1.82, 2.24) is 14.5 Å². The second kappa shape index (κ2) is 11.4. The molecule has 0 aromatic heterocycles. The molecule has 0 aliphatic carbocycles. The van der Waals surface area contributed by atoms with E-state index in [0.717, 1.165) is 25.6 Å². The summed E-state index contributed by atoms with van der Waals surface area (Å²) in [5.74, 6) is -2.33. The molecule has 1 atom stereocenters. The zero-order chi connectivity index (χ0) is 25.6. The van der Waals surface area contributed by atoms with Crippen molar-refractivity contribution in [1.29, 1.82) is 0 Å². The van der Waals surface area contributed by atoms with Crippen LogP contribution in [-0.4, -0.2) is 62.2 Å². The molecular formula is C23H30F2N4O4S. The standard InChI is InChI=1S/C23H30F2N4O4S/c1-16(2)26-23(31)17(3)28(14-18-8-6-7-9-21(18)25)22(30)15-29(34(32,33)27(4)5)20-12-10-19(24)11-13-20/h6-13,16-17H,14-15H2,1-5H3,(H,26,31)/t17-/m0/s1. The van der Waals surface area contributed by atoms with Crippen LogP contribution in [0.15, 0.2) is 48.5 Å². The lowest BCUT2D eigenvalue weighted by molar-refractivity contribution is -0.139. The van der Waals surface area contributed by atoms with Crippen LogP contribution >= 0.6 is 0 Å². The molecule has 0 fully saturated rings. The fourth-order valence-electron chi connectivity index (χ4n) is 3.12. The molecular weight excluding hydrogens is 466 g/mol. The Morgan fingerprint density at radius 2 is 1.56 bits per heavy atom. The minimum absolute atomic E-state index is 0.0635. The third-order valence-corrected chi connectivity index (χ3v) is 6.85. The zero-order valence-electron chi connectivity index (χ0n) is 19.8. The van der Waals surface area contributed by atoms with Crippen LogP contribution in [0.2, 0.25) is 0 Å². The number of carbonyl (C=O) groups is 2. The van der Waals surface area contributed by atoms with E-state index < -0.39 is 46.2 Å². The Morgan fingerprint density at radius 1 is 0.971 bits per heavy atom. The maximum absolute atomic E-state index is 14.4. The second-order valence-electron chi connectivity index (χ2n) is 8.23. The van der Waals surface area contributed by atoms with Gasteiger partial charge in [0.1, 0.15) is 24.2 Å². The van der Waals surface area contributed by atoms with E-state index in [4.69, 9.17) is 0 Å². The van der Waals surface area contributed by atoms with Crippen molar-refractivity contribution >= 4 is 27.7 Å². The van der Waals surface area contributed by atoms with Crippen molar-refractivity contribution in [3.8, 4) is 0 Å². The highest BCUT2D eigenvalue weighted by Gasteiger charge is 2.33. The number of nitrogens with zero attached hydrogens (tertiary/aromatic N) is 3. The molecule has 0 unspecified atom stereocenters. The van der Waals surface area contributed by atoms with Crippen molar-refractivity contribution < 1.29 is 26.8 Å². The van der Waals surface area contributed by atoms with Crippen LogP contribution < -0.4 is 9.62 Å². The fourth-order valence-corrected chi connectivity index (χ4v) is 4.18. The van der Waals surface area contributed by atoms with Crippen molar-refractivity contribution in [2.75, 3.05) is 24.9 Å². The Hall–Kier alpha value is -3.05. The van der Waals surface area contributed by atoms with Crippen LogP contribution in [0.25, 0.3) is 0 Å². The molecule has 2 amide bonds. The Labute approximate surface area is 199 Å². The summed E-state index contributed by atoms with van der Waals surface area (Å²) in [6.07, 6.45) is 0. The van der Waals surface area contributed by atoms with Gasteiger partial charge in [0.2, 0.25) is 11.8 Å². The smallest absolute Gasteiger partial charge is 0.304 e. The number of nitrogens with one attached hydrogen (secondary N) is 1. The van der Waals surface area contributed by atoms with Gasteiger partial charge in [-0.25, -0.2) is 13.1 Å². The van der Waals surface area contributed by atoms with Gasteiger partial charge in [-0.3, -0.25) is 9.59 Å². The van der Waals surface area contributed by atoms with Gasteiger partial charge >= 0.3 is 10.2 Å². The second-order valence-corrected chi connectivity index (χ2v) is 10.3. The number of hydrogen-bond donors (Lipinski definition) is 1. The monoisotopic (exact) mass is 496 g/mol. The Bertz CT molecular complexity index is 1110. The van der Waals surface area contributed by atoms with Gasteiger partial charge < -0.3 is 10.2 Å². The van der Waals surface area contributed by atoms with Gasteiger partial charge in [0.25, 0.3) is 0 Å². The lowest BCUT2D eigenvalue weighted by atomic mass is 10.1. The van der Waals surface area contributed by atoms with E-state index >= 15 is 0 Å². The Balaban J connectivity index is 2.46. The normalized spacial score (nSPS) is 12.5. The van der Waals surface area contributed by atoms with Gasteiger partial charge in [-0.1, -0.05) is 18.2 Å². The van der Waals surface area contributed by atoms with Crippen molar-refractivity contribution in [2.45, 2.75) is 39.4 Å². The number of halogens is 2. The quantitative estimate of drug-likeness (QED) is 0.547. The highest BCUT2D eigenvalue weighted by molar-refractivity contribution is 7.90. The molecule has 8 nitrogen and oxygen atoms in total. The van der Waals surface area contributed by atoms with E-state index in [0.29, 0.717) is 0 Å². The van der Waals surface area contributed by atoms with Crippen LogP contribution in [-0.2, 0) is 26.3 Å². The molecule has 0 aliphatic rings. The van der Waals surface area contributed by atoms with Crippen LogP contribution in [0.1, 0.15) is 26.3 Å². The first-order valence-electron chi connectivity index (χ1n) is 10.6. The summed E-state index contributed by atoms with van der Waals surface area (Å²) < 4.78 is 55.5. The summed E-state index contributed by atoms with van der Waals surface area (Å²) in [5.41, 5.74) is 0.234. The van der Waals surface area contributed by atoms with Gasteiger partial charge in [0.15, 0.2) is 0 Å². The molecule has 186 valence electrons. The summed E-state index contributed by atoms with van der Waals surface area (Å²) in [4.78, 5) is 27.3. The summed E-state index contributed by atoms with van der Waals surface area (Å²) in [6.45, 7) is 4.07. The molecule has 0 radical (unpaired) electrons. The lowest BCUT2D eigenvalue weighted by Gasteiger charge is -2.33. The molecule has 2 rings (SSSR count). The summed E-state index contributed by atoms with van der Waals surface area (Å²) in [7, 11) is -1.56. The summed E-state index contributed by atoms with van der Waals surface area (Å²) in [5, 5.41) is 2.71. The molecule has 1 N–H and O–H groups in total. The SMILES string of the molecule is CC(C)NC(=O)[C@H](C)N(Cc1ccccc1F)C(=O)CN(c1ccc(F)cc1)S(=O)(=O)N(C)C. The molecule has 2 aromatic carbocycles. The van der Waals surface area contributed by atoms with E-state index in [1.165, 1.54) is 51.4 Å². The first kappa shape index (κ1) is 27.2. The van der Waals surface area contributed by atoms with E-state index in [-0.39, 0.29) is 23.8 Å². The predicted octanol–water partition coefficient (Wildman–Crippen LogP) is 2.52. The number of amides is 2. The maximum Gasteiger partial charge on any atom is 0.304 e. The topological polar surface area (TPSA) is 90.0 Å². The first-order chi connectivity index (χ1) is 15.8. The van der Waals surface area contributed by atoms with Gasteiger partial charge in [-0.15, -0.1) is 0 Å². The molecule has 0 spiro atoms. The predicted molar refractivity (Wildman–Crippen MR) is 126 cm³/mol. The number of benzene rings is 2. The van der Waals surface area contributed by atoms with Crippen molar-refractivity contribution in [2.24, 2.45) is 0 Å².